The number of hydrogen-bond donors (Lipinski definition) is 1. The lowest BCUT2D eigenvalue weighted by Gasteiger charge is -2.08. The Bertz CT molecular complexity index is 544. The van der Waals surface area contributed by atoms with Crippen LogP contribution in [0.3, 0.4) is 0 Å². The number of benzene rings is 1. The number of nitrogens with two attached hydrogens (primary N) is 1. The quantitative estimate of drug-likeness (QED) is 0.927. The first-order valence-electron chi connectivity index (χ1n) is 5.64. The number of hydrogen-bond acceptors (Lipinski definition) is 4. The van der Waals surface area contributed by atoms with Gasteiger partial charge in [-0.15, -0.1) is 0 Å². The minimum atomic E-state index is -0.753. The van der Waals surface area contributed by atoms with Gasteiger partial charge in [0.05, 0.1) is 6.04 Å². The summed E-state index contributed by atoms with van der Waals surface area (Å²) in [5.41, 5.74) is 6.20. The standard InChI is InChI=1S/C12H13ClFN3O/c1-2-3-10-16-12(17-18-10)11(15)8-5-4-7(13)6-9(8)14/h4-6,11H,2-3,15H2,1H3. The van der Waals surface area contributed by atoms with Crippen LogP contribution in [-0.4, -0.2) is 10.1 Å². The van der Waals surface area contributed by atoms with Gasteiger partial charge in [0.2, 0.25) is 5.89 Å². The molecule has 1 atom stereocenters. The Labute approximate surface area is 109 Å². The molecule has 96 valence electrons. The number of halogens is 2. The summed E-state index contributed by atoms with van der Waals surface area (Å²) >= 11 is 5.68. The van der Waals surface area contributed by atoms with Crippen LogP contribution < -0.4 is 5.73 Å². The van der Waals surface area contributed by atoms with Crippen molar-refractivity contribution in [3.63, 3.8) is 0 Å². The van der Waals surface area contributed by atoms with Crippen molar-refractivity contribution >= 4 is 11.6 Å². The van der Waals surface area contributed by atoms with Gasteiger partial charge in [-0.05, 0) is 18.6 Å². The first kappa shape index (κ1) is 13.0. The summed E-state index contributed by atoms with van der Waals surface area (Å²) in [7, 11) is 0. The smallest absolute Gasteiger partial charge is 0.226 e. The molecule has 0 saturated carbocycles. The summed E-state index contributed by atoms with van der Waals surface area (Å²) in [5.74, 6) is 0.314. The predicted molar refractivity (Wildman–Crippen MR) is 65.7 cm³/mol. The Balaban J connectivity index is 2.26. The fraction of sp³-hybridized carbons (Fsp3) is 0.333. The van der Waals surface area contributed by atoms with E-state index in [1.165, 1.54) is 12.1 Å². The number of rotatable bonds is 4. The van der Waals surface area contributed by atoms with E-state index in [9.17, 15) is 4.39 Å². The van der Waals surface area contributed by atoms with E-state index in [4.69, 9.17) is 21.9 Å². The summed E-state index contributed by atoms with van der Waals surface area (Å²) in [4.78, 5) is 4.14. The summed E-state index contributed by atoms with van der Waals surface area (Å²) in [5, 5.41) is 4.09. The third kappa shape index (κ3) is 2.68. The van der Waals surface area contributed by atoms with Crippen molar-refractivity contribution in [3.8, 4) is 0 Å². The second-order valence-electron chi connectivity index (χ2n) is 3.94. The molecule has 0 spiro atoms. The number of aryl methyl sites for hydroxylation is 1. The molecule has 0 amide bonds. The van der Waals surface area contributed by atoms with Gasteiger partial charge in [0.1, 0.15) is 5.82 Å². The molecule has 0 bridgehead atoms. The van der Waals surface area contributed by atoms with Crippen molar-refractivity contribution in [3.05, 3.63) is 46.3 Å². The highest BCUT2D eigenvalue weighted by Crippen LogP contribution is 2.23. The molecule has 1 aromatic carbocycles. The summed E-state index contributed by atoms with van der Waals surface area (Å²) < 4.78 is 18.7. The summed E-state index contributed by atoms with van der Waals surface area (Å²) in [6.45, 7) is 2.00. The lowest BCUT2D eigenvalue weighted by atomic mass is 10.1. The van der Waals surface area contributed by atoms with Gasteiger partial charge >= 0.3 is 0 Å². The molecule has 1 aromatic heterocycles. The highest BCUT2D eigenvalue weighted by Gasteiger charge is 2.19. The fourth-order valence-electron chi connectivity index (χ4n) is 1.60. The van der Waals surface area contributed by atoms with Crippen molar-refractivity contribution in [1.29, 1.82) is 0 Å². The van der Waals surface area contributed by atoms with Crippen LogP contribution in [-0.2, 0) is 6.42 Å². The maximum atomic E-state index is 13.7. The van der Waals surface area contributed by atoms with Gasteiger partial charge in [0.15, 0.2) is 5.82 Å². The molecular formula is C12H13ClFN3O. The van der Waals surface area contributed by atoms with E-state index in [-0.39, 0.29) is 5.82 Å². The van der Waals surface area contributed by atoms with E-state index < -0.39 is 11.9 Å². The van der Waals surface area contributed by atoms with Gasteiger partial charge < -0.3 is 10.3 Å². The molecule has 18 heavy (non-hydrogen) atoms. The van der Waals surface area contributed by atoms with E-state index in [0.717, 1.165) is 6.42 Å². The molecule has 0 fully saturated rings. The molecule has 0 aliphatic rings. The second kappa shape index (κ2) is 5.46. The van der Waals surface area contributed by atoms with Gasteiger partial charge in [-0.1, -0.05) is 29.7 Å². The average molecular weight is 270 g/mol. The van der Waals surface area contributed by atoms with E-state index in [0.29, 0.717) is 22.9 Å². The van der Waals surface area contributed by atoms with Crippen LogP contribution in [0.15, 0.2) is 22.7 Å². The van der Waals surface area contributed by atoms with E-state index in [2.05, 4.69) is 10.1 Å². The average Bonchev–Trinajstić information content (AvgIpc) is 2.77. The molecule has 2 rings (SSSR count). The Morgan fingerprint density at radius 3 is 2.94 bits per heavy atom. The molecular weight excluding hydrogens is 257 g/mol. The Hall–Kier alpha value is -1.46. The Morgan fingerprint density at radius 2 is 2.28 bits per heavy atom. The van der Waals surface area contributed by atoms with E-state index in [1.54, 1.807) is 6.07 Å². The molecule has 1 heterocycles. The minimum Gasteiger partial charge on any atom is -0.339 e. The third-order valence-electron chi connectivity index (χ3n) is 2.52. The molecule has 4 nitrogen and oxygen atoms in total. The zero-order valence-electron chi connectivity index (χ0n) is 9.86. The lowest BCUT2D eigenvalue weighted by molar-refractivity contribution is 0.370. The van der Waals surface area contributed by atoms with E-state index >= 15 is 0 Å². The highest BCUT2D eigenvalue weighted by atomic mass is 35.5. The fourth-order valence-corrected chi connectivity index (χ4v) is 1.76. The maximum Gasteiger partial charge on any atom is 0.226 e. The molecule has 6 heteroatoms. The minimum absolute atomic E-state index is 0.277. The van der Waals surface area contributed by atoms with Crippen molar-refractivity contribution in [2.24, 2.45) is 5.73 Å². The summed E-state index contributed by atoms with van der Waals surface area (Å²) in [6, 6.07) is 3.56. The zero-order valence-corrected chi connectivity index (χ0v) is 10.6. The highest BCUT2D eigenvalue weighted by molar-refractivity contribution is 6.30. The topological polar surface area (TPSA) is 64.9 Å². The second-order valence-corrected chi connectivity index (χ2v) is 4.38. The largest absolute Gasteiger partial charge is 0.339 e. The molecule has 0 aliphatic carbocycles. The van der Waals surface area contributed by atoms with Gasteiger partial charge in [0, 0.05) is 17.0 Å². The van der Waals surface area contributed by atoms with Crippen molar-refractivity contribution in [1.82, 2.24) is 10.1 Å². The first-order chi connectivity index (χ1) is 8.61. The van der Waals surface area contributed by atoms with Crippen molar-refractivity contribution < 1.29 is 8.91 Å². The normalized spacial score (nSPS) is 12.7. The van der Waals surface area contributed by atoms with Gasteiger partial charge in [-0.2, -0.15) is 4.98 Å². The van der Waals surface area contributed by atoms with Crippen LogP contribution in [0.4, 0.5) is 4.39 Å². The number of aromatic nitrogens is 2. The Kier molecular flexibility index (Phi) is 3.93. The van der Waals surface area contributed by atoms with Gasteiger partial charge in [-0.25, -0.2) is 4.39 Å². The zero-order chi connectivity index (χ0) is 13.1. The molecule has 0 saturated heterocycles. The monoisotopic (exact) mass is 269 g/mol. The van der Waals surface area contributed by atoms with Crippen LogP contribution in [0.5, 0.6) is 0 Å². The van der Waals surface area contributed by atoms with Crippen molar-refractivity contribution in [2.75, 3.05) is 0 Å². The molecule has 2 N–H and O–H groups in total. The molecule has 2 aromatic rings. The third-order valence-corrected chi connectivity index (χ3v) is 2.76. The van der Waals surface area contributed by atoms with Crippen LogP contribution in [0.2, 0.25) is 5.02 Å². The van der Waals surface area contributed by atoms with E-state index in [1.807, 2.05) is 6.92 Å². The van der Waals surface area contributed by atoms with Crippen LogP contribution in [0.1, 0.15) is 36.7 Å². The van der Waals surface area contributed by atoms with Crippen molar-refractivity contribution in [2.45, 2.75) is 25.8 Å². The molecule has 0 aliphatic heterocycles. The van der Waals surface area contributed by atoms with Gasteiger partial charge in [0.25, 0.3) is 0 Å². The molecule has 0 radical (unpaired) electrons. The first-order valence-corrected chi connectivity index (χ1v) is 6.02. The number of nitrogens with zero attached hydrogens (tertiary/aromatic N) is 2. The predicted octanol–water partition coefficient (Wildman–Crippen LogP) is 2.86. The van der Waals surface area contributed by atoms with Crippen LogP contribution in [0.25, 0.3) is 0 Å². The van der Waals surface area contributed by atoms with Crippen LogP contribution >= 0.6 is 11.6 Å². The lowest BCUT2D eigenvalue weighted by Crippen LogP contribution is -2.15. The maximum absolute atomic E-state index is 13.7. The Morgan fingerprint density at radius 1 is 1.50 bits per heavy atom. The SMILES string of the molecule is CCCc1nc(C(N)c2ccc(Cl)cc2F)no1. The summed E-state index contributed by atoms with van der Waals surface area (Å²) in [6.07, 6.45) is 1.58. The molecule has 1 unspecified atom stereocenters. The van der Waals surface area contributed by atoms with Crippen LogP contribution in [0, 0.1) is 5.82 Å². The van der Waals surface area contributed by atoms with Gasteiger partial charge in [-0.3, -0.25) is 0 Å².